The topological polar surface area (TPSA) is 76.6 Å². The van der Waals surface area contributed by atoms with Crippen LogP contribution in [0.2, 0.25) is 0 Å². The zero-order valence-corrected chi connectivity index (χ0v) is 15.9. The van der Waals surface area contributed by atoms with E-state index in [0.717, 1.165) is 22.6 Å². The number of furan rings is 1. The molecule has 0 fully saturated rings. The summed E-state index contributed by atoms with van der Waals surface area (Å²) in [5.41, 5.74) is 1.75. The summed E-state index contributed by atoms with van der Waals surface area (Å²) in [6.45, 7) is 1.86. The van der Waals surface area contributed by atoms with Crippen molar-refractivity contribution >= 4 is 11.6 Å². The molecule has 0 bridgehead atoms. The third-order valence-electron chi connectivity index (χ3n) is 4.84. The summed E-state index contributed by atoms with van der Waals surface area (Å²) < 4.78 is 5.84. The van der Waals surface area contributed by atoms with Crippen LogP contribution in [0, 0.1) is 10.1 Å². The average molecular weight is 378 g/mol. The molecule has 3 rings (SSSR count). The van der Waals surface area contributed by atoms with Crippen LogP contribution >= 0.6 is 0 Å². The predicted octanol–water partition coefficient (Wildman–Crippen LogP) is 5.01. The normalized spacial score (nSPS) is 11.8. The fraction of sp³-hybridized carbons (Fsp3) is 0.227. The van der Waals surface area contributed by atoms with Gasteiger partial charge in [-0.1, -0.05) is 42.5 Å². The second-order valence-electron chi connectivity index (χ2n) is 6.66. The van der Waals surface area contributed by atoms with Gasteiger partial charge < -0.3 is 9.32 Å². The minimum atomic E-state index is -0.431. The number of amides is 1. The van der Waals surface area contributed by atoms with Crippen LogP contribution < -0.4 is 0 Å². The summed E-state index contributed by atoms with van der Waals surface area (Å²) in [6.07, 6.45) is 0.801. The molecule has 0 saturated carbocycles. The van der Waals surface area contributed by atoms with Gasteiger partial charge >= 0.3 is 0 Å². The molecular weight excluding hydrogens is 356 g/mol. The van der Waals surface area contributed by atoms with Crippen molar-refractivity contribution < 1.29 is 14.1 Å². The fourth-order valence-electron chi connectivity index (χ4n) is 3.01. The molecule has 1 amide bonds. The second kappa shape index (κ2) is 8.52. The minimum Gasteiger partial charge on any atom is -0.461 e. The SMILES string of the molecule is C[C@H](c1cccc([N+](=O)[O-])c1)N(C)C(=O)CCc1ccc(-c2ccccc2)o1. The number of nitro benzene ring substituents is 1. The van der Waals surface area contributed by atoms with Gasteiger partial charge in [0.2, 0.25) is 5.91 Å². The Kier molecular flexibility index (Phi) is 5.89. The summed E-state index contributed by atoms with van der Waals surface area (Å²) in [7, 11) is 1.71. The van der Waals surface area contributed by atoms with E-state index in [-0.39, 0.29) is 17.6 Å². The van der Waals surface area contributed by atoms with Crippen LogP contribution in [0.25, 0.3) is 11.3 Å². The summed E-state index contributed by atoms with van der Waals surface area (Å²) in [5.74, 6) is 1.49. The number of nitrogens with zero attached hydrogens (tertiary/aromatic N) is 2. The number of rotatable bonds is 7. The first-order chi connectivity index (χ1) is 13.5. The molecule has 0 saturated heterocycles. The number of hydrogen-bond acceptors (Lipinski definition) is 4. The lowest BCUT2D eigenvalue weighted by atomic mass is 10.1. The van der Waals surface area contributed by atoms with Gasteiger partial charge in [0, 0.05) is 37.6 Å². The molecule has 0 aliphatic rings. The van der Waals surface area contributed by atoms with Gasteiger partial charge in [-0.25, -0.2) is 0 Å². The fourth-order valence-corrected chi connectivity index (χ4v) is 3.01. The monoisotopic (exact) mass is 378 g/mol. The van der Waals surface area contributed by atoms with Gasteiger partial charge in [0.05, 0.1) is 11.0 Å². The highest BCUT2D eigenvalue weighted by Crippen LogP contribution is 2.25. The number of carbonyl (C=O) groups excluding carboxylic acids is 1. The van der Waals surface area contributed by atoms with Gasteiger partial charge in [-0.15, -0.1) is 0 Å². The largest absolute Gasteiger partial charge is 0.461 e. The zero-order chi connectivity index (χ0) is 20.1. The Hall–Kier alpha value is -3.41. The molecule has 1 aromatic heterocycles. The lowest BCUT2D eigenvalue weighted by Gasteiger charge is -2.25. The molecule has 0 unspecified atom stereocenters. The first kappa shape index (κ1) is 19.4. The van der Waals surface area contributed by atoms with Gasteiger partial charge in [-0.2, -0.15) is 0 Å². The van der Waals surface area contributed by atoms with Crippen LogP contribution in [-0.2, 0) is 11.2 Å². The van der Waals surface area contributed by atoms with Crippen molar-refractivity contribution in [3.63, 3.8) is 0 Å². The zero-order valence-electron chi connectivity index (χ0n) is 15.9. The molecule has 0 aliphatic carbocycles. The molecule has 144 valence electrons. The van der Waals surface area contributed by atoms with Crippen molar-refractivity contribution in [1.82, 2.24) is 4.90 Å². The quantitative estimate of drug-likeness (QED) is 0.428. The van der Waals surface area contributed by atoms with E-state index in [4.69, 9.17) is 4.42 Å². The van der Waals surface area contributed by atoms with Crippen molar-refractivity contribution in [1.29, 1.82) is 0 Å². The molecule has 6 heteroatoms. The van der Waals surface area contributed by atoms with E-state index < -0.39 is 4.92 Å². The Labute approximate surface area is 163 Å². The van der Waals surface area contributed by atoms with Gasteiger partial charge in [-0.3, -0.25) is 14.9 Å². The van der Waals surface area contributed by atoms with Crippen molar-refractivity contribution in [2.75, 3.05) is 7.05 Å². The lowest BCUT2D eigenvalue weighted by molar-refractivity contribution is -0.384. The Morgan fingerprint density at radius 3 is 2.57 bits per heavy atom. The van der Waals surface area contributed by atoms with E-state index in [1.165, 1.54) is 12.1 Å². The van der Waals surface area contributed by atoms with Gasteiger partial charge in [0.1, 0.15) is 11.5 Å². The maximum Gasteiger partial charge on any atom is 0.269 e. The smallest absolute Gasteiger partial charge is 0.269 e. The Morgan fingerprint density at radius 2 is 1.86 bits per heavy atom. The van der Waals surface area contributed by atoms with E-state index in [1.807, 2.05) is 49.4 Å². The van der Waals surface area contributed by atoms with E-state index in [2.05, 4.69) is 0 Å². The number of benzene rings is 2. The molecule has 6 nitrogen and oxygen atoms in total. The standard InChI is InChI=1S/C22H22N2O4/c1-16(18-9-6-10-19(15-18)24(26)27)23(2)22(25)14-12-20-11-13-21(28-20)17-7-4-3-5-8-17/h3-11,13,15-16H,12,14H2,1-2H3/t16-/m1/s1. The second-order valence-corrected chi connectivity index (χ2v) is 6.66. The third-order valence-corrected chi connectivity index (χ3v) is 4.84. The average Bonchev–Trinajstić information content (AvgIpc) is 3.20. The van der Waals surface area contributed by atoms with Crippen LogP contribution in [0.3, 0.4) is 0 Å². The molecular formula is C22H22N2O4. The van der Waals surface area contributed by atoms with E-state index in [0.29, 0.717) is 12.8 Å². The highest BCUT2D eigenvalue weighted by molar-refractivity contribution is 5.76. The molecule has 0 radical (unpaired) electrons. The van der Waals surface area contributed by atoms with E-state index in [1.54, 1.807) is 24.1 Å². The van der Waals surface area contributed by atoms with Crippen molar-refractivity contribution in [3.8, 4) is 11.3 Å². The van der Waals surface area contributed by atoms with Crippen LogP contribution in [0.1, 0.15) is 30.7 Å². The maximum absolute atomic E-state index is 12.6. The molecule has 0 aliphatic heterocycles. The van der Waals surface area contributed by atoms with Gasteiger partial charge in [0.25, 0.3) is 5.69 Å². The van der Waals surface area contributed by atoms with Crippen LogP contribution in [0.15, 0.2) is 71.1 Å². The summed E-state index contributed by atoms with van der Waals surface area (Å²) in [6, 6.07) is 19.7. The number of aryl methyl sites for hydroxylation is 1. The number of hydrogen-bond donors (Lipinski definition) is 0. The molecule has 0 N–H and O–H groups in total. The van der Waals surface area contributed by atoms with Crippen LogP contribution in [0.4, 0.5) is 5.69 Å². The van der Waals surface area contributed by atoms with E-state index >= 15 is 0 Å². The van der Waals surface area contributed by atoms with E-state index in [9.17, 15) is 14.9 Å². The molecule has 0 spiro atoms. The molecule has 2 aromatic carbocycles. The van der Waals surface area contributed by atoms with Crippen LogP contribution in [0.5, 0.6) is 0 Å². The summed E-state index contributed by atoms with van der Waals surface area (Å²) in [4.78, 5) is 24.7. The highest BCUT2D eigenvalue weighted by Gasteiger charge is 2.19. The first-order valence-corrected chi connectivity index (χ1v) is 9.10. The first-order valence-electron chi connectivity index (χ1n) is 9.10. The molecule has 3 aromatic rings. The third kappa shape index (κ3) is 4.46. The number of nitro groups is 1. The van der Waals surface area contributed by atoms with Gasteiger partial charge in [0.15, 0.2) is 0 Å². The van der Waals surface area contributed by atoms with Crippen molar-refractivity contribution in [2.24, 2.45) is 0 Å². The maximum atomic E-state index is 12.6. The Bertz CT molecular complexity index is 965. The number of non-ortho nitro benzene ring substituents is 1. The minimum absolute atomic E-state index is 0.0224. The number of carbonyl (C=O) groups is 1. The molecule has 1 heterocycles. The predicted molar refractivity (Wildman–Crippen MR) is 107 cm³/mol. The van der Waals surface area contributed by atoms with Crippen LogP contribution in [-0.4, -0.2) is 22.8 Å². The van der Waals surface area contributed by atoms with Crippen molar-refractivity contribution in [3.05, 3.63) is 88.2 Å². The highest BCUT2D eigenvalue weighted by atomic mass is 16.6. The molecule has 28 heavy (non-hydrogen) atoms. The molecule has 1 atom stereocenters. The van der Waals surface area contributed by atoms with Crippen molar-refractivity contribution in [2.45, 2.75) is 25.8 Å². The lowest BCUT2D eigenvalue weighted by Crippen LogP contribution is -2.29. The Balaban J connectivity index is 1.61. The summed E-state index contributed by atoms with van der Waals surface area (Å²) in [5, 5.41) is 11.0. The Morgan fingerprint density at radius 1 is 1.11 bits per heavy atom. The summed E-state index contributed by atoms with van der Waals surface area (Å²) >= 11 is 0. The van der Waals surface area contributed by atoms with Gasteiger partial charge in [-0.05, 0) is 24.6 Å².